The van der Waals surface area contributed by atoms with Crippen LogP contribution in [0.2, 0.25) is 0 Å². The molecule has 0 bridgehead atoms. The van der Waals surface area contributed by atoms with Gasteiger partial charge in [0.05, 0.1) is 12.3 Å². The fraction of sp³-hybridized carbons (Fsp3) is 0.348. The van der Waals surface area contributed by atoms with Crippen molar-refractivity contribution in [2.24, 2.45) is 4.99 Å². The summed E-state index contributed by atoms with van der Waals surface area (Å²) in [6.07, 6.45) is 1.04. The van der Waals surface area contributed by atoms with Gasteiger partial charge in [0.1, 0.15) is 11.0 Å². The first-order chi connectivity index (χ1) is 15.6. The Hall–Kier alpha value is -3.20. The Kier molecular flexibility index (Phi) is 6.84. The highest BCUT2D eigenvalue weighted by molar-refractivity contribution is 8.15. The van der Waals surface area contributed by atoms with Crippen LogP contribution in [0.25, 0.3) is 0 Å². The second-order valence-electron chi connectivity index (χ2n) is 7.24. The summed E-state index contributed by atoms with van der Waals surface area (Å²) >= 11 is 1.28. The minimum Gasteiger partial charge on any atom is -0.494 e. The lowest BCUT2D eigenvalue weighted by Crippen LogP contribution is -2.45. The Bertz CT molecular complexity index is 1020. The molecule has 8 nitrogen and oxygen atoms in total. The first-order valence-corrected chi connectivity index (χ1v) is 11.4. The van der Waals surface area contributed by atoms with Gasteiger partial charge in [-0.2, -0.15) is 0 Å². The Labute approximate surface area is 190 Å². The van der Waals surface area contributed by atoms with Crippen molar-refractivity contribution in [2.75, 3.05) is 25.3 Å². The Balaban J connectivity index is 1.47. The molecule has 32 heavy (non-hydrogen) atoms. The Morgan fingerprint density at radius 1 is 1.19 bits per heavy atom. The van der Waals surface area contributed by atoms with Gasteiger partial charge in [0.25, 0.3) is 0 Å². The van der Waals surface area contributed by atoms with Crippen molar-refractivity contribution >= 4 is 40.1 Å². The third-order valence-electron chi connectivity index (χ3n) is 4.92. The lowest BCUT2D eigenvalue weighted by atomic mass is 10.2. The zero-order chi connectivity index (χ0) is 22.5. The van der Waals surface area contributed by atoms with Gasteiger partial charge in [-0.3, -0.25) is 14.5 Å². The molecule has 2 aromatic rings. The van der Waals surface area contributed by atoms with Crippen LogP contribution in [-0.2, 0) is 9.59 Å². The smallest absolute Gasteiger partial charge is 0.238 e. The number of fused-ring (bicyclic) bond motifs is 1. The molecule has 2 aliphatic heterocycles. The highest BCUT2D eigenvalue weighted by Crippen LogP contribution is 2.37. The number of rotatable bonds is 7. The topological polar surface area (TPSA) is 89.5 Å². The molecule has 1 saturated heterocycles. The van der Waals surface area contributed by atoms with E-state index < -0.39 is 5.25 Å². The third kappa shape index (κ3) is 4.99. The van der Waals surface area contributed by atoms with E-state index in [9.17, 15) is 9.59 Å². The van der Waals surface area contributed by atoms with Crippen molar-refractivity contribution in [3.05, 3.63) is 42.5 Å². The van der Waals surface area contributed by atoms with Crippen LogP contribution < -0.4 is 19.5 Å². The second kappa shape index (κ2) is 9.95. The van der Waals surface area contributed by atoms with Crippen LogP contribution in [0.4, 0.5) is 11.4 Å². The Morgan fingerprint density at radius 2 is 1.97 bits per heavy atom. The first-order valence-electron chi connectivity index (χ1n) is 10.6. The quantitative estimate of drug-likeness (QED) is 0.674. The third-order valence-corrected chi connectivity index (χ3v) is 6.11. The summed E-state index contributed by atoms with van der Waals surface area (Å²) in [7, 11) is 0. The number of carbonyl (C=O) groups excluding carboxylic acids is 2. The number of anilines is 1. The minimum atomic E-state index is -0.575. The molecular weight excluding hydrogens is 430 g/mol. The average molecular weight is 456 g/mol. The predicted octanol–water partition coefficient (Wildman–Crippen LogP) is 4.18. The summed E-state index contributed by atoms with van der Waals surface area (Å²) < 4.78 is 16.3. The fourth-order valence-corrected chi connectivity index (χ4v) is 4.46. The number of nitrogens with one attached hydrogen (secondary N) is 1. The average Bonchev–Trinajstić information content (AvgIpc) is 3.26. The predicted molar refractivity (Wildman–Crippen MR) is 124 cm³/mol. The molecule has 0 spiro atoms. The highest BCUT2D eigenvalue weighted by Gasteiger charge is 2.35. The van der Waals surface area contributed by atoms with Crippen LogP contribution in [0.1, 0.15) is 26.7 Å². The number of aliphatic imine (C=N–C) groups is 1. The van der Waals surface area contributed by atoms with E-state index in [-0.39, 0.29) is 25.0 Å². The maximum atomic E-state index is 12.9. The van der Waals surface area contributed by atoms with Crippen LogP contribution in [0.15, 0.2) is 47.5 Å². The van der Waals surface area contributed by atoms with Gasteiger partial charge in [-0.15, -0.1) is 0 Å². The monoisotopic (exact) mass is 455 g/mol. The van der Waals surface area contributed by atoms with Gasteiger partial charge < -0.3 is 19.5 Å². The largest absolute Gasteiger partial charge is 0.494 e. The van der Waals surface area contributed by atoms with Crippen molar-refractivity contribution in [3.8, 4) is 17.2 Å². The zero-order valence-electron chi connectivity index (χ0n) is 18.0. The summed E-state index contributed by atoms with van der Waals surface area (Å²) in [5.74, 6) is 1.66. The van der Waals surface area contributed by atoms with Gasteiger partial charge >= 0.3 is 0 Å². The van der Waals surface area contributed by atoms with E-state index in [2.05, 4.69) is 10.3 Å². The second-order valence-corrected chi connectivity index (χ2v) is 8.41. The molecule has 1 N–H and O–H groups in total. The van der Waals surface area contributed by atoms with Gasteiger partial charge in [0.2, 0.25) is 18.6 Å². The molecule has 0 aliphatic carbocycles. The van der Waals surface area contributed by atoms with E-state index in [1.54, 1.807) is 35.2 Å². The number of carbonyl (C=O) groups is 2. The lowest BCUT2D eigenvalue weighted by Gasteiger charge is -2.30. The highest BCUT2D eigenvalue weighted by atomic mass is 32.2. The van der Waals surface area contributed by atoms with Gasteiger partial charge in [-0.05, 0) is 49.7 Å². The van der Waals surface area contributed by atoms with E-state index in [4.69, 9.17) is 14.2 Å². The molecule has 0 radical (unpaired) electrons. The first kappa shape index (κ1) is 22.0. The molecule has 0 aromatic heterocycles. The van der Waals surface area contributed by atoms with Crippen LogP contribution in [0, 0.1) is 0 Å². The zero-order valence-corrected chi connectivity index (χ0v) is 18.8. The number of thioether (sulfide) groups is 1. The van der Waals surface area contributed by atoms with Crippen LogP contribution in [0.3, 0.4) is 0 Å². The molecule has 168 valence electrons. The van der Waals surface area contributed by atoms with E-state index >= 15 is 0 Å². The molecule has 9 heteroatoms. The number of amidine groups is 1. The van der Waals surface area contributed by atoms with Gasteiger partial charge in [0.15, 0.2) is 16.7 Å². The van der Waals surface area contributed by atoms with Crippen molar-refractivity contribution in [1.82, 2.24) is 4.90 Å². The van der Waals surface area contributed by atoms with E-state index in [1.165, 1.54) is 11.8 Å². The fourth-order valence-electron chi connectivity index (χ4n) is 3.29. The molecule has 0 saturated carbocycles. The molecule has 4 rings (SSSR count). The number of benzene rings is 2. The van der Waals surface area contributed by atoms with E-state index in [0.29, 0.717) is 41.2 Å². The van der Waals surface area contributed by atoms with Gasteiger partial charge in [-0.25, -0.2) is 4.99 Å². The number of nitrogens with zero attached hydrogens (tertiary/aromatic N) is 2. The molecule has 2 aromatic carbocycles. The van der Waals surface area contributed by atoms with Gasteiger partial charge in [0, 0.05) is 24.7 Å². The van der Waals surface area contributed by atoms with Crippen LogP contribution in [0.5, 0.6) is 17.2 Å². The summed E-state index contributed by atoms with van der Waals surface area (Å²) in [6.45, 7) is 5.23. The van der Waals surface area contributed by atoms with Crippen LogP contribution >= 0.6 is 11.8 Å². The lowest BCUT2D eigenvalue weighted by molar-refractivity contribution is -0.129. The summed E-state index contributed by atoms with van der Waals surface area (Å²) in [4.78, 5) is 31.8. The normalized spacial score (nSPS) is 18.7. The summed E-state index contributed by atoms with van der Waals surface area (Å²) in [5, 5.41) is 2.81. The molecule has 1 fully saturated rings. The maximum absolute atomic E-state index is 12.9. The van der Waals surface area contributed by atoms with Crippen molar-refractivity contribution < 1.29 is 23.8 Å². The molecule has 2 aliphatic rings. The summed E-state index contributed by atoms with van der Waals surface area (Å²) in [5.41, 5.74) is 1.28. The molecule has 0 unspecified atom stereocenters. The Morgan fingerprint density at radius 3 is 2.72 bits per heavy atom. The number of hydrogen-bond donors (Lipinski definition) is 1. The van der Waals surface area contributed by atoms with E-state index in [0.717, 1.165) is 12.2 Å². The van der Waals surface area contributed by atoms with E-state index in [1.807, 2.05) is 26.0 Å². The SMILES string of the molecule is CCCOc1ccc(NC(=O)[C@@H]2CC(=O)N(CC)C(=Nc3ccc4c(c3)OCO4)S2)cc1. The maximum Gasteiger partial charge on any atom is 0.238 e. The van der Waals surface area contributed by atoms with Crippen LogP contribution in [-0.4, -0.2) is 47.1 Å². The summed E-state index contributed by atoms with van der Waals surface area (Å²) in [6, 6.07) is 12.6. The standard InChI is InChI=1S/C23H25N3O5S/c1-3-11-29-17-8-5-15(6-9-17)24-22(28)20-13-21(27)26(4-2)23(32-20)25-16-7-10-18-19(12-16)31-14-30-18/h5-10,12,20H,3-4,11,13-14H2,1-2H3,(H,24,28)/t20-/m0/s1. The molecular formula is C23H25N3O5S. The minimum absolute atomic E-state index is 0.113. The van der Waals surface area contributed by atoms with Crippen molar-refractivity contribution in [2.45, 2.75) is 31.9 Å². The molecule has 2 heterocycles. The van der Waals surface area contributed by atoms with Crippen molar-refractivity contribution in [3.63, 3.8) is 0 Å². The number of ether oxygens (including phenoxy) is 3. The van der Waals surface area contributed by atoms with Crippen molar-refractivity contribution in [1.29, 1.82) is 0 Å². The molecule has 1 atom stereocenters. The number of amides is 2. The molecule has 2 amide bonds. The van der Waals surface area contributed by atoms with Gasteiger partial charge in [-0.1, -0.05) is 18.7 Å². The number of hydrogen-bond acceptors (Lipinski definition) is 7.